The second-order valence-electron chi connectivity index (χ2n) is 5.29. The predicted octanol–water partition coefficient (Wildman–Crippen LogP) is 2.24. The Morgan fingerprint density at radius 3 is 2.58 bits per heavy atom. The molecule has 0 radical (unpaired) electrons. The lowest BCUT2D eigenvalue weighted by Crippen LogP contribution is -2.43. The van der Waals surface area contributed by atoms with Crippen LogP contribution in [0.25, 0.3) is 0 Å². The SMILES string of the molecule is CN(CCC1CC1)C(=O)C(N)Cc1ccccc1.Cl. The maximum Gasteiger partial charge on any atom is 0.239 e. The van der Waals surface area contributed by atoms with Crippen LogP contribution < -0.4 is 5.73 Å². The van der Waals surface area contributed by atoms with E-state index in [4.69, 9.17) is 5.73 Å². The van der Waals surface area contributed by atoms with Crippen LogP contribution >= 0.6 is 12.4 Å². The van der Waals surface area contributed by atoms with E-state index in [0.717, 1.165) is 24.4 Å². The molecule has 0 aromatic heterocycles. The fourth-order valence-corrected chi connectivity index (χ4v) is 2.13. The average molecular weight is 283 g/mol. The van der Waals surface area contributed by atoms with Crippen molar-refractivity contribution in [3.05, 3.63) is 35.9 Å². The first-order valence-electron chi connectivity index (χ1n) is 6.71. The van der Waals surface area contributed by atoms with Crippen molar-refractivity contribution in [3.63, 3.8) is 0 Å². The normalized spacial score (nSPS) is 15.5. The van der Waals surface area contributed by atoms with Crippen LogP contribution in [0.2, 0.25) is 0 Å². The molecule has 1 atom stereocenters. The summed E-state index contributed by atoms with van der Waals surface area (Å²) < 4.78 is 0. The lowest BCUT2D eigenvalue weighted by atomic mass is 10.1. The van der Waals surface area contributed by atoms with E-state index in [0.29, 0.717) is 6.42 Å². The van der Waals surface area contributed by atoms with Gasteiger partial charge >= 0.3 is 0 Å². The lowest BCUT2D eigenvalue weighted by Gasteiger charge is -2.21. The smallest absolute Gasteiger partial charge is 0.239 e. The number of rotatable bonds is 6. The van der Waals surface area contributed by atoms with Gasteiger partial charge in [0.05, 0.1) is 6.04 Å². The Kier molecular flexibility index (Phi) is 6.32. The first-order chi connectivity index (χ1) is 8.66. The van der Waals surface area contributed by atoms with E-state index >= 15 is 0 Å². The van der Waals surface area contributed by atoms with Crippen molar-refractivity contribution < 1.29 is 4.79 Å². The highest BCUT2D eigenvalue weighted by Gasteiger charge is 2.24. The highest BCUT2D eigenvalue weighted by atomic mass is 35.5. The van der Waals surface area contributed by atoms with Crippen LogP contribution in [0.3, 0.4) is 0 Å². The first-order valence-corrected chi connectivity index (χ1v) is 6.71. The van der Waals surface area contributed by atoms with Crippen LogP contribution in [0.1, 0.15) is 24.8 Å². The molecule has 1 fully saturated rings. The predicted molar refractivity (Wildman–Crippen MR) is 80.3 cm³/mol. The summed E-state index contributed by atoms with van der Waals surface area (Å²) >= 11 is 0. The molecule has 1 saturated carbocycles. The van der Waals surface area contributed by atoms with Crippen molar-refractivity contribution in [2.24, 2.45) is 11.7 Å². The van der Waals surface area contributed by atoms with E-state index in [1.165, 1.54) is 12.8 Å². The van der Waals surface area contributed by atoms with Crippen molar-refractivity contribution in [3.8, 4) is 0 Å². The second-order valence-corrected chi connectivity index (χ2v) is 5.29. The molecule has 2 rings (SSSR count). The van der Waals surface area contributed by atoms with Gasteiger partial charge in [0.1, 0.15) is 0 Å². The third-order valence-corrected chi connectivity index (χ3v) is 3.56. The third kappa shape index (κ3) is 5.21. The fraction of sp³-hybridized carbons (Fsp3) is 0.533. The molecule has 1 aromatic rings. The number of hydrogen-bond donors (Lipinski definition) is 1. The van der Waals surface area contributed by atoms with Gasteiger partial charge in [-0.2, -0.15) is 0 Å². The van der Waals surface area contributed by atoms with Crippen LogP contribution in [0.5, 0.6) is 0 Å². The van der Waals surface area contributed by atoms with Gasteiger partial charge in [0.2, 0.25) is 5.91 Å². The third-order valence-electron chi connectivity index (χ3n) is 3.56. The Balaban J connectivity index is 0.00000180. The number of benzene rings is 1. The van der Waals surface area contributed by atoms with Crippen LogP contribution in [0, 0.1) is 5.92 Å². The molecule has 1 unspecified atom stereocenters. The fourth-order valence-electron chi connectivity index (χ4n) is 2.13. The van der Waals surface area contributed by atoms with Crippen LogP contribution in [0.4, 0.5) is 0 Å². The minimum atomic E-state index is -0.420. The zero-order valence-electron chi connectivity index (χ0n) is 11.4. The van der Waals surface area contributed by atoms with Crippen molar-refractivity contribution in [2.45, 2.75) is 31.7 Å². The Hall–Kier alpha value is -1.06. The average Bonchev–Trinajstić information content (AvgIpc) is 3.20. The summed E-state index contributed by atoms with van der Waals surface area (Å²) in [5.74, 6) is 0.908. The molecule has 0 spiro atoms. The van der Waals surface area contributed by atoms with Crippen LogP contribution in [-0.2, 0) is 11.2 Å². The quantitative estimate of drug-likeness (QED) is 0.870. The topological polar surface area (TPSA) is 46.3 Å². The summed E-state index contributed by atoms with van der Waals surface area (Å²) in [5, 5.41) is 0. The molecule has 2 N–H and O–H groups in total. The summed E-state index contributed by atoms with van der Waals surface area (Å²) in [6.07, 6.45) is 4.41. The standard InChI is InChI=1S/C15H22N2O.ClH/c1-17(10-9-12-7-8-12)15(18)14(16)11-13-5-3-2-4-6-13;/h2-6,12,14H,7-11,16H2,1H3;1H. The number of carbonyl (C=O) groups excluding carboxylic acids is 1. The zero-order valence-corrected chi connectivity index (χ0v) is 12.2. The zero-order chi connectivity index (χ0) is 13.0. The van der Waals surface area contributed by atoms with Gasteiger partial charge in [-0.05, 0) is 24.3 Å². The van der Waals surface area contributed by atoms with Crippen LogP contribution in [0.15, 0.2) is 30.3 Å². The van der Waals surface area contributed by atoms with Gasteiger partial charge in [0.15, 0.2) is 0 Å². The number of hydrogen-bond acceptors (Lipinski definition) is 2. The van der Waals surface area contributed by atoms with Crippen molar-refractivity contribution >= 4 is 18.3 Å². The van der Waals surface area contributed by atoms with Crippen molar-refractivity contribution in [1.82, 2.24) is 4.90 Å². The molecule has 19 heavy (non-hydrogen) atoms. The number of likely N-dealkylation sites (N-methyl/N-ethyl adjacent to an activating group) is 1. The number of halogens is 1. The highest BCUT2D eigenvalue weighted by Crippen LogP contribution is 2.32. The molecule has 3 nitrogen and oxygen atoms in total. The van der Waals surface area contributed by atoms with Crippen molar-refractivity contribution in [2.75, 3.05) is 13.6 Å². The Morgan fingerprint density at radius 2 is 2.00 bits per heavy atom. The van der Waals surface area contributed by atoms with Gasteiger partial charge < -0.3 is 10.6 Å². The van der Waals surface area contributed by atoms with E-state index in [-0.39, 0.29) is 18.3 Å². The molecule has 106 valence electrons. The molecule has 0 heterocycles. The first kappa shape index (κ1) is 16.0. The Bertz CT molecular complexity index is 392. The molecular weight excluding hydrogens is 260 g/mol. The number of nitrogens with two attached hydrogens (primary N) is 1. The second kappa shape index (κ2) is 7.51. The van der Waals surface area contributed by atoms with Crippen LogP contribution in [-0.4, -0.2) is 30.4 Å². The summed E-state index contributed by atoms with van der Waals surface area (Å²) in [7, 11) is 1.86. The summed E-state index contributed by atoms with van der Waals surface area (Å²) in [6, 6.07) is 9.52. The summed E-state index contributed by atoms with van der Waals surface area (Å²) in [6.45, 7) is 0.839. The molecule has 1 aliphatic carbocycles. The molecule has 0 aliphatic heterocycles. The van der Waals surface area contributed by atoms with Crippen molar-refractivity contribution in [1.29, 1.82) is 0 Å². The maximum absolute atomic E-state index is 12.1. The number of nitrogens with zero attached hydrogens (tertiary/aromatic N) is 1. The maximum atomic E-state index is 12.1. The van der Waals surface area contributed by atoms with E-state index in [1.807, 2.05) is 37.4 Å². The minimum absolute atomic E-state index is 0. The summed E-state index contributed by atoms with van der Waals surface area (Å²) in [5.41, 5.74) is 7.10. The molecule has 1 aliphatic rings. The molecule has 1 amide bonds. The van der Waals surface area contributed by atoms with E-state index < -0.39 is 6.04 Å². The largest absolute Gasteiger partial charge is 0.344 e. The van der Waals surface area contributed by atoms with Gasteiger partial charge in [0.25, 0.3) is 0 Å². The summed E-state index contributed by atoms with van der Waals surface area (Å²) in [4.78, 5) is 13.9. The number of carbonyl (C=O) groups is 1. The van der Waals surface area contributed by atoms with E-state index in [2.05, 4.69) is 0 Å². The van der Waals surface area contributed by atoms with Gasteiger partial charge in [-0.15, -0.1) is 12.4 Å². The Morgan fingerprint density at radius 1 is 1.37 bits per heavy atom. The van der Waals surface area contributed by atoms with Gasteiger partial charge in [-0.3, -0.25) is 4.79 Å². The van der Waals surface area contributed by atoms with Gasteiger partial charge in [0, 0.05) is 13.6 Å². The lowest BCUT2D eigenvalue weighted by molar-refractivity contribution is -0.131. The molecule has 4 heteroatoms. The molecule has 1 aromatic carbocycles. The van der Waals surface area contributed by atoms with Gasteiger partial charge in [-0.1, -0.05) is 43.2 Å². The van der Waals surface area contributed by atoms with E-state index in [9.17, 15) is 4.79 Å². The highest BCUT2D eigenvalue weighted by molar-refractivity contribution is 5.85. The van der Waals surface area contributed by atoms with Gasteiger partial charge in [-0.25, -0.2) is 0 Å². The monoisotopic (exact) mass is 282 g/mol. The molecule has 0 bridgehead atoms. The van der Waals surface area contributed by atoms with E-state index in [1.54, 1.807) is 4.90 Å². The minimum Gasteiger partial charge on any atom is -0.344 e. The number of amides is 1. The molecule has 0 saturated heterocycles. The molecular formula is C15H23ClN2O. The Labute approximate surface area is 121 Å².